The van der Waals surface area contributed by atoms with E-state index >= 15 is 0 Å². The molecular weight excluding hydrogens is 529 g/mol. The number of likely N-dealkylation sites (tertiary alicyclic amines) is 2. The van der Waals surface area contributed by atoms with Gasteiger partial charge in [0.25, 0.3) is 0 Å². The number of rotatable bonds is 9. The van der Waals surface area contributed by atoms with Crippen molar-refractivity contribution in [2.24, 2.45) is 11.8 Å². The van der Waals surface area contributed by atoms with Crippen LogP contribution in [-0.2, 0) is 13.0 Å². The molecule has 0 spiro atoms. The van der Waals surface area contributed by atoms with Gasteiger partial charge in [-0.05, 0) is 62.8 Å². The zero-order valence-electron chi connectivity index (χ0n) is 23.2. The maximum absolute atomic E-state index is 13.4. The Morgan fingerprint density at radius 3 is 2.70 bits per heavy atom. The standard InChI is InChI=1S/C29H38FN7O2S/c1-19-27(20(2)38)40-29(33-19)35-28(39)34-26-9-11-37(17-25-13-31-18-32-25)16-23(26)15-36-10-3-4-22(14-36)12-21-5-7-24(30)8-6-21/h5-8,13,18,22-23,26H,3-4,9-12,14-17H2,1-2H3,(H,31,32)(H2,33,34,35,39)/t22-,23+,26+/m0/s1. The van der Waals surface area contributed by atoms with Crippen molar-refractivity contribution in [2.45, 2.75) is 52.1 Å². The van der Waals surface area contributed by atoms with Crippen LogP contribution >= 0.6 is 11.3 Å². The number of H-pyrrole nitrogens is 1. The highest BCUT2D eigenvalue weighted by Crippen LogP contribution is 2.26. The summed E-state index contributed by atoms with van der Waals surface area (Å²) >= 11 is 1.21. The van der Waals surface area contributed by atoms with Crippen LogP contribution in [0.3, 0.4) is 0 Å². The topological polar surface area (TPSA) is 106 Å². The summed E-state index contributed by atoms with van der Waals surface area (Å²) < 4.78 is 13.4. The van der Waals surface area contributed by atoms with Crippen LogP contribution in [0.4, 0.5) is 14.3 Å². The number of urea groups is 1. The number of anilines is 1. The average molecular weight is 568 g/mol. The number of imidazole rings is 1. The fraction of sp³-hybridized carbons (Fsp3) is 0.517. The molecule has 5 rings (SSSR count). The third-order valence-electron chi connectivity index (χ3n) is 7.95. The first-order chi connectivity index (χ1) is 19.3. The molecule has 0 unspecified atom stereocenters. The molecule has 0 aliphatic carbocycles. The molecule has 1 aromatic carbocycles. The molecule has 2 aliphatic rings. The van der Waals surface area contributed by atoms with Gasteiger partial charge in [-0.15, -0.1) is 0 Å². The highest BCUT2D eigenvalue weighted by atomic mass is 32.1. The van der Waals surface area contributed by atoms with Crippen molar-refractivity contribution in [3.63, 3.8) is 0 Å². The van der Waals surface area contributed by atoms with Crippen LogP contribution in [0.2, 0.25) is 0 Å². The Bertz CT molecular complexity index is 1280. The van der Waals surface area contributed by atoms with Crippen LogP contribution in [0.1, 0.15) is 52.8 Å². The number of Topliss-reactive ketones (excluding diaryl/α,β-unsaturated/α-hetero) is 1. The number of piperidine rings is 2. The number of aromatic amines is 1. The number of hydrogen-bond acceptors (Lipinski definition) is 7. The van der Waals surface area contributed by atoms with Gasteiger partial charge in [-0.2, -0.15) is 0 Å². The second-order valence-corrected chi connectivity index (χ2v) is 12.2. The molecule has 0 saturated carbocycles. The molecule has 3 N–H and O–H groups in total. The Labute approximate surface area is 238 Å². The third-order valence-corrected chi connectivity index (χ3v) is 9.13. The quantitative estimate of drug-likeness (QED) is 0.329. The number of amides is 2. The van der Waals surface area contributed by atoms with Gasteiger partial charge in [0, 0.05) is 63.5 Å². The van der Waals surface area contributed by atoms with Gasteiger partial charge in [-0.1, -0.05) is 23.5 Å². The molecule has 2 aromatic heterocycles. The van der Waals surface area contributed by atoms with E-state index in [4.69, 9.17) is 0 Å². The van der Waals surface area contributed by atoms with E-state index in [-0.39, 0.29) is 29.6 Å². The van der Waals surface area contributed by atoms with Crippen LogP contribution in [0.25, 0.3) is 0 Å². The normalized spacial score (nSPS) is 22.2. The van der Waals surface area contributed by atoms with E-state index in [1.54, 1.807) is 25.4 Å². The second kappa shape index (κ2) is 13.0. The minimum atomic E-state index is -0.284. The van der Waals surface area contributed by atoms with Crippen LogP contribution < -0.4 is 10.6 Å². The van der Waals surface area contributed by atoms with Gasteiger partial charge < -0.3 is 15.2 Å². The van der Waals surface area contributed by atoms with Gasteiger partial charge in [0.05, 0.1) is 16.9 Å². The maximum Gasteiger partial charge on any atom is 0.321 e. The number of aryl methyl sites for hydroxylation is 1. The van der Waals surface area contributed by atoms with Gasteiger partial charge >= 0.3 is 6.03 Å². The smallest absolute Gasteiger partial charge is 0.321 e. The molecule has 0 radical (unpaired) electrons. The number of nitrogens with zero attached hydrogens (tertiary/aromatic N) is 4. The number of carbonyl (C=O) groups excluding carboxylic acids is 2. The Hall–Kier alpha value is -3.15. The number of halogens is 1. The number of thiazole rings is 1. The number of carbonyl (C=O) groups is 2. The summed E-state index contributed by atoms with van der Waals surface area (Å²) in [7, 11) is 0. The van der Waals surface area contributed by atoms with Gasteiger partial charge in [-0.3, -0.25) is 15.0 Å². The lowest BCUT2D eigenvalue weighted by Crippen LogP contribution is -2.55. The van der Waals surface area contributed by atoms with E-state index in [1.165, 1.54) is 30.2 Å². The Kier molecular flexibility index (Phi) is 9.23. The molecule has 2 fully saturated rings. The lowest BCUT2D eigenvalue weighted by molar-refractivity contribution is 0.0814. The summed E-state index contributed by atoms with van der Waals surface area (Å²) in [6.45, 7) is 8.78. The lowest BCUT2D eigenvalue weighted by Gasteiger charge is -2.42. The highest BCUT2D eigenvalue weighted by molar-refractivity contribution is 7.17. The minimum Gasteiger partial charge on any atom is -0.347 e. The molecular formula is C29H38FN7O2S. The molecule has 214 valence electrons. The molecule has 2 saturated heterocycles. The molecule has 2 amide bonds. The molecule has 4 heterocycles. The van der Waals surface area contributed by atoms with Crippen molar-refractivity contribution >= 4 is 28.3 Å². The Balaban J connectivity index is 1.22. The fourth-order valence-corrected chi connectivity index (χ4v) is 6.94. The average Bonchev–Trinajstić information content (AvgIpc) is 3.56. The minimum absolute atomic E-state index is 0.0174. The molecule has 11 heteroatoms. The van der Waals surface area contributed by atoms with E-state index in [1.807, 2.05) is 18.3 Å². The Morgan fingerprint density at radius 1 is 1.15 bits per heavy atom. The summed E-state index contributed by atoms with van der Waals surface area (Å²) in [4.78, 5) is 42.1. The fourth-order valence-electron chi connectivity index (χ4n) is 6.09. The van der Waals surface area contributed by atoms with Gasteiger partial charge in [0.1, 0.15) is 5.82 Å². The predicted molar refractivity (Wildman–Crippen MR) is 154 cm³/mol. The molecule has 9 nitrogen and oxygen atoms in total. The van der Waals surface area contributed by atoms with Gasteiger partial charge in [0.15, 0.2) is 10.9 Å². The van der Waals surface area contributed by atoms with Crippen LogP contribution in [-0.4, -0.2) is 75.3 Å². The lowest BCUT2D eigenvalue weighted by atomic mass is 9.88. The monoisotopic (exact) mass is 567 g/mol. The molecule has 0 bridgehead atoms. The van der Waals surface area contributed by atoms with Crippen LogP contribution in [0.15, 0.2) is 36.8 Å². The number of hydrogen-bond donors (Lipinski definition) is 3. The summed E-state index contributed by atoms with van der Waals surface area (Å²) in [6, 6.07) is 6.61. The number of ketones is 1. The van der Waals surface area contributed by atoms with Crippen molar-refractivity contribution in [1.82, 2.24) is 30.1 Å². The van der Waals surface area contributed by atoms with Crippen molar-refractivity contribution in [3.05, 3.63) is 64.4 Å². The summed E-state index contributed by atoms with van der Waals surface area (Å²) in [5.41, 5.74) is 2.90. The number of nitrogens with one attached hydrogen (secondary N) is 3. The van der Waals surface area contributed by atoms with E-state index in [2.05, 4.69) is 35.4 Å². The summed E-state index contributed by atoms with van der Waals surface area (Å²) in [5.74, 6) is 0.533. The number of benzene rings is 1. The van der Waals surface area contributed by atoms with E-state index in [9.17, 15) is 14.0 Å². The van der Waals surface area contributed by atoms with Crippen molar-refractivity contribution in [2.75, 3.05) is 38.0 Å². The van der Waals surface area contributed by atoms with Gasteiger partial charge in [0.2, 0.25) is 0 Å². The van der Waals surface area contributed by atoms with E-state index < -0.39 is 0 Å². The van der Waals surface area contributed by atoms with Crippen LogP contribution in [0.5, 0.6) is 0 Å². The largest absolute Gasteiger partial charge is 0.347 e. The Morgan fingerprint density at radius 2 is 1.98 bits per heavy atom. The van der Waals surface area contributed by atoms with Crippen molar-refractivity contribution < 1.29 is 14.0 Å². The summed E-state index contributed by atoms with van der Waals surface area (Å²) in [5, 5.41) is 6.51. The number of aromatic nitrogens is 3. The summed E-state index contributed by atoms with van der Waals surface area (Å²) in [6.07, 6.45) is 7.67. The third kappa shape index (κ3) is 7.52. The van der Waals surface area contributed by atoms with Crippen LogP contribution in [0, 0.1) is 24.6 Å². The zero-order chi connectivity index (χ0) is 28.1. The zero-order valence-corrected chi connectivity index (χ0v) is 24.0. The molecule has 3 atom stereocenters. The first-order valence-corrected chi connectivity index (χ1v) is 14.9. The first-order valence-electron chi connectivity index (χ1n) is 14.0. The molecule has 3 aromatic rings. The predicted octanol–water partition coefficient (Wildman–Crippen LogP) is 4.48. The van der Waals surface area contributed by atoms with E-state index in [0.717, 1.165) is 64.2 Å². The van der Waals surface area contributed by atoms with Gasteiger partial charge in [-0.25, -0.2) is 19.2 Å². The SMILES string of the molecule is CC(=O)c1sc(NC(=O)N[C@@H]2CCN(Cc3cnc[nH]3)C[C@H]2CN2CCC[C@@H](Cc3ccc(F)cc3)C2)nc1C. The first kappa shape index (κ1) is 28.4. The van der Waals surface area contributed by atoms with Crippen molar-refractivity contribution in [1.29, 1.82) is 0 Å². The highest BCUT2D eigenvalue weighted by Gasteiger charge is 2.33. The van der Waals surface area contributed by atoms with Crippen molar-refractivity contribution in [3.8, 4) is 0 Å². The molecule has 2 aliphatic heterocycles. The second-order valence-electron chi connectivity index (χ2n) is 11.2. The molecule has 40 heavy (non-hydrogen) atoms. The van der Waals surface area contributed by atoms with E-state index in [0.29, 0.717) is 21.6 Å². The maximum atomic E-state index is 13.4.